The molecule has 0 unspecified atom stereocenters. The van der Waals surface area contributed by atoms with Crippen LogP contribution in [0.5, 0.6) is 0 Å². The van der Waals surface area contributed by atoms with Crippen molar-refractivity contribution in [3.05, 3.63) is 206 Å². The third-order valence-electron chi connectivity index (χ3n) is 9.40. The second kappa shape index (κ2) is 13.8. The number of aromatic nitrogens is 4. The van der Waals surface area contributed by atoms with Crippen LogP contribution in [0.3, 0.4) is 0 Å². The molecule has 4 heteroatoms. The SMILES string of the molecule is [2H]c1c([2H])c([2H])c(-c2c([2H])c([2H])c3c(c2[2H])c2c([2H])c([2H])c([2H])c([2H])c2n3-c2ccc(-c3nc(-c4ccccc4)nc(-c4ccc(-c5cccc(-c6ccccc6)c5)cc4)n3)cc2)c([2H])c1[2H]. The van der Waals surface area contributed by atoms with E-state index in [4.69, 9.17) is 28.7 Å². The number of benzene rings is 8. The standard InChI is InChI=1S/C51H34N4/c1-4-13-35(14-5-1)41-19-12-20-42(33-41)37-23-25-39(26-24-37)50-52-49(38-17-8-3-9-18-38)53-51(54-50)40-27-30-44(31-28-40)55-47-22-11-10-21-45(47)46-34-43(29-32-48(46)55)36-15-6-2-7-16-36/h1-34H/i2D,6D,7D,10D,11D,15D,16D,21D,22D,29D,32D,34D. The van der Waals surface area contributed by atoms with Gasteiger partial charge in [-0.1, -0.05) is 158 Å². The molecule has 10 aromatic rings. The maximum Gasteiger partial charge on any atom is 0.164 e. The summed E-state index contributed by atoms with van der Waals surface area (Å²) in [6.45, 7) is 0. The maximum atomic E-state index is 9.45. The van der Waals surface area contributed by atoms with Gasteiger partial charge in [0, 0.05) is 33.2 Å². The van der Waals surface area contributed by atoms with Crippen LogP contribution in [0.15, 0.2) is 206 Å². The van der Waals surface area contributed by atoms with E-state index < -0.39 is 83.6 Å². The highest BCUT2D eigenvalue weighted by molar-refractivity contribution is 6.10. The molecule has 2 aromatic heterocycles. The highest BCUT2D eigenvalue weighted by Gasteiger charge is 2.16. The van der Waals surface area contributed by atoms with Gasteiger partial charge in [-0.15, -0.1) is 0 Å². The fraction of sp³-hybridized carbons (Fsp3) is 0. The summed E-state index contributed by atoms with van der Waals surface area (Å²) in [5.41, 5.74) is 5.65. The second-order valence-corrected chi connectivity index (χ2v) is 12.8. The van der Waals surface area contributed by atoms with Crippen LogP contribution < -0.4 is 0 Å². The highest BCUT2D eigenvalue weighted by atomic mass is 15.0. The van der Waals surface area contributed by atoms with Crippen LogP contribution in [0, 0.1) is 0 Å². The van der Waals surface area contributed by atoms with Crippen molar-refractivity contribution in [2.45, 2.75) is 0 Å². The molecular formula is C51H34N4. The van der Waals surface area contributed by atoms with Crippen molar-refractivity contribution in [1.29, 1.82) is 0 Å². The van der Waals surface area contributed by atoms with Crippen molar-refractivity contribution in [2.75, 3.05) is 0 Å². The molecule has 0 saturated heterocycles. The van der Waals surface area contributed by atoms with E-state index in [1.807, 2.05) is 78.9 Å². The zero-order valence-electron chi connectivity index (χ0n) is 41.0. The number of hydrogen-bond acceptors (Lipinski definition) is 3. The summed E-state index contributed by atoms with van der Waals surface area (Å²) in [7, 11) is 0. The van der Waals surface area contributed by atoms with Gasteiger partial charge >= 0.3 is 0 Å². The summed E-state index contributed by atoms with van der Waals surface area (Å²) in [5, 5.41) is -0.264. The van der Waals surface area contributed by atoms with Crippen molar-refractivity contribution < 1.29 is 16.4 Å². The lowest BCUT2D eigenvalue weighted by molar-refractivity contribution is 1.07. The van der Waals surface area contributed by atoms with Gasteiger partial charge in [-0.2, -0.15) is 0 Å². The van der Waals surface area contributed by atoms with Crippen molar-refractivity contribution in [3.63, 3.8) is 0 Å². The smallest absolute Gasteiger partial charge is 0.164 e. The summed E-state index contributed by atoms with van der Waals surface area (Å²) in [4.78, 5) is 14.7. The zero-order valence-corrected chi connectivity index (χ0v) is 29.0. The third-order valence-corrected chi connectivity index (χ3v) is 9.40. The summed E-state index contributed by atoms with van der Waals surface area (Å²) in [6.07, 6.45) is 0. The molecule has 0 bridgehead atoms. The largest absolute Gasteiger partial charge is 0.309 e. The Morgan fingerprint density at radius 3 is 1.49 bits per heavy atom. The Hall–Kier alpha value is -7.43. The average molecular weight is 715 g/mol. The van der Waals surface area contributed by atoms with Crippen LogP contribution in [-0.4, -0.2) is 19.5 Å². The Morgan fingerprint density at radius 2 is 0.836 bits per heavy atom. The monoisotopic (exact) mass is 714 g/mol. The molecule has 0 fully saturated rings. The first-order chi connectivity index (χ1) is 32.2. The first-order valence-corrected chi connectivity index (χ1v) is 17.5. The van der Waals surface area contributed by atoms with Crippen molar-refractivity contribution >= 4 is 21.8 Å². The molecule has 0 aliphatic heterocycles. The topological polar surface area (TPSA) is 43.6 Å². The number of fused-ring (bicyclic) bond motifs is 3. The van der Waals surface area contributed by atoms with E-state index in [1.54, 1.807) is 24.3 Å². The molecule has 0 saturated carbocycles. The molecule has 0 aliphatic carbocycles. The number of hydrogen-bond donors (Lipinski definition) is 0. The van der Waals surface area contributed by atoms with Gasteiger partial charge in [0.2, 0.25) is 0 Å². The third kappa shape index (κ3) is 6.16. The normalized spacial score (nSPS) is 14.3. The molecule has 0 atom stereocenters. The van der Waals surface area contributed by atoms with Crippen molar-refractivity contribution in [1.82, 2.24) is 19.5 Å². The van der Waals surface area contributed by atoms with E-state index in [0.29, 0.717) is 28.7 Å². The molecule has 0 N–H and O–H groups in total. The molecule has 258 valence electrons. The van der Waals surface area contributed by atoms with Crippen LogP contribution in [0.4, 0.5) is 0 Å². The summed E-state index contributed by atoms with van der Waals surface area (Å²) in [5.74, 6) is 1.20. The Balaban J connectivity index is 1.12. The molecule has 55 heavy (non-hydrogen) atoms. The minimum absolute atomic E-state index is 0.0718. The predicted molar refractivity (Wildman–Crippen MR) is 227 cm³/mol. The number of nitrogens with zero attached hydrogens (tertiary/aromatic N) is 4. The van der Waals surface area contributed by atoms with E-state index in [-0.39, 0.29) is 21.8 Å². The Bertz CT molecular complexity index is 3610. The van der Waals surface area contributed by atoms with E-state index in [9.17, 15) is 2.74 Å². The van der Waals surface area contributed by atoms with E-state index in [1.165, 1.54) is 4.57 Å². The van der Waals surface area contributed by atoms with Crippen molar-refractivity contribution in [3.8, 4) is 73.2 Å². The van der Waals surface area contributed by atoms with Gasteiger partial charge in [0.05, 0.1) is 27.5 Å². The lowest BCUT2D eigenvalue weighted by Crippen LogP contribution is -2.00. The molecule has 0 spiro atoms. The maximum absolute atomic E-state index is 9.45. The quantitative estimate of drug-likeness (QED) is 0.165. The number of para-hydroxylation sites is 1. The lowest BCUT2D eigenvalue weighted by atomic mass is 9.98. The minimum Gasteiger partial charge on any atom is -0.309 e. The molecule has 10 rings (SSSR count). The van der Waals surface area contributed by atoms with Gasteiger partial charge in [0.25, 0.3) is 0 Å². The van der Waals surface area contributed by atoms with Crippen LogP contribution >= 0.6 is 0 Å². The molecule has 4 nitrogen and oxygen atoms in total. The van der Waals surface area contributed by atoms with Gasteiger partial charge in [-0.05, 0) is 81.8 Å². The van der Waals surface area contributed by atoms with E-state index in [2.05, 4.69) is 30.3 Å². The van der Waals surface area contributed by atoms with Gasteiger partial charge in [0.1, 0.15) is 0 Å². The van der Waals surface area contributed by atoms with Crippen LogP contribution in [0.1, 0.15) is 16.4 Å². The first kappa shape index (κ1) is 21.9. The highest BCUT2D eigenvalue weighted by Crippen LogP contribution is 2.36. The van der Waals surface area contributed by atoms with Gasteiger partial charge < -0.3 is 4.57 Å². The molecule has 0 aliphatic rings. The fourth-order valence-corrected chi connectivity index (χ4v) is 6.70. The van der Waals surface area contributed by atoms with E-state index in [0.717, 1.165) is 33.4 Å². The molecule has 2 heterocycles. The molecule has 0 radical (unpaired) electrons. The predicted octanol–water partition coefficient (Wildman–Crippen LogP) is 13.0. The van der Waals surface area contributed by atoms with Crippen LogP contribution in [-0.2, 0) is 0 Å². The Kier molecular flexibility index (Phi) is 5.52. The molecule has 0 amide bonds. The summed E-state index contributed by atoms with van der Waals surface area (Å²) >= 11 is 0. The Morgan fingerprint density at radius 1 is 0.345 bits per heavy atom. The fourth-order valence-electron chi connectivity index (χ4n) is 6.70. The summed E-state index contributed by atoms with van der Waals surface area (Å²) < 4.78 is 106. The van der Waals surface area contributed by atoms with Crippen LogP contribution in [0.25, 0.3) is 95.0 Å². The van der Waals surface area contributed by atoms with Gasteiger partial charge in [0.15, 0.2) is 17.5 Å². The zero-order chi connectivity index (χ0) is 47.0. The number of rotatable bonds is 7. The van der Waals surface area contributed by atoms with E-state index >= 15 is 0 Å². The first-order valence-electron chi connectivity index (χ1n) is 23.5. The second-order valence-electron chi connectivity index (χ2n) is 12.8. The summed E-state index contributed by atoms with van der Waals surface area (Å²) in [6, 6.07) is 35.6. The molecule has 8 aromatic carbocycles. The van der Waals surface area contributed by atoms with Gasteiger partial charge in [-0.25, -0.2) is 15.0 Å². The van der Waals surface area contributed by atoms with Crippen molar-refractivity contribution in [2.24, 2.45) is 0 Å². The van der Waals surface area contributed by atoms with Crippen LogP contribution in [0.2, 0.25) is 0 Å². The molecular weight excluding hydrogens is 669 g/mol. The average Bonchev–Trinajstić information content (AvgIpc) is 3.74. The minimum atomic E-state index is -0.689. The Labute approximate surface area is 336 Å². The lowest BCUT2D eigenvalue weighted by Gasteiger charge is -2.11. The van der Waals surface area contributed by atoms with Gasteiger partial charge in [-0.3, -0.25) is 0 Å².